The van der Waals surface area contributed by atoms with Gasteiger partial charge in [-0.1, -0.05) is 12.1 Å². The van der Waals surface area contributed by atoms with Gasteiger partial charge in [-0.3, -0.25) is 0 Å². The smallest absolute Gasteiger partial charge is 0.168 e. The Balaban J connectivity index is 1.70. The van der Waals surface area contributed by atoms with Crippen molar-refractivity contribution in [2.24, 2.45) is 0 Å². The van der Waals surface area contributed by atoms with Crippen LogP contribution in [0.2, 0.25) is 0 Å². The maximum atomic E-state index is 5.14. The molecule has 92 valence electrons. The number of hydrogen-bond acceptors (Lipinski definition) is 4. The number of nitrogens with one attached hydrogen (secondary N) is 2. The van der Waals surface area contributed by atoms with E-state index in [0.717, 1.165) is 38.2 Å². The van der Waals surface area contributed by atoms with E-state index in [1.54, 1.807) is 0 Å². The molecule has 1 fully saturated rings. The predicted molar refractivity (Wildman–Crippen MR) is 65.1 cm³/mol. The van der Waals surface area contributed by atoms with Gasteiger partial charge in [0.15, 0.2) is 5.75 Å². The van der Waals surface area contributed by atoms with Crippen LogP contribution in [0.5, 0.6) is 5.75 Å². The Morgan fingerprint density at radius 3 is 3.18 bits per heavy atom. The molecule has 1 aromatic carbocycles. The van der Waals surface area contributed by atoms with Crippen molar-refractivity contribution in [2.45, 2.75) is 18.9 Å². The minimum absolute atomic E-state index is 0.544. The molecule has 2 aliphatic heterocycles. The summed E-state index contributed by atoms with van der Waals surface area (Å²) < 4.78 is 0. The molecule has 0 saturated carbocycles. The topological polar surface area (TPSA) is 42.5 Å². The van der Waals surface area contributed by atoms with Crippen LogP contribution in [0.1, 0.15) is 11.1 Å². The molecule has 2 aliphatic rings. The Kier molecular flexibility index (Phi) is 3.27. The van der Waals surface area contributed by atoms with Crippen LogP contribution in [0.25, 0.3) is 0 Å². The van der Waals surface area contributed by atoms with E-state index in [9.17, 15) is 0 Å². The molecule has 1 aromatic rings. The summed E-state index contributed by atoms with van der Waals surface area (Å²) in [5.41, 5.74) is 2.63. The Bertz CT molecular complexity index is 389. The molecule has 0 radical (unpaired) electrons. The molecule has 1 atom stereocenters. The Morgan fingerprint density at radius 1 is 1.29 bits per heavy atom. The summed E-state index contributed by atoms with van der Waals surface area (Å²) >= 11 is 0. The average Bonchev–Trinajstić information content (AvgIpc) is 2.40. The summed E-state index contributed by atoms with van der Waals surface area (Å²) in [5.74, 6) is 0.870. The highest BCUT2D eigenvalue weighted by Gasteiger charge is 2.15. The first-order valence-corrected chi connectivity index (χ1v) is 6.27. The molecule has 4 heteroatoms. The van der Waals surface area contributed by atoms with Crippen molar-refractivity contribution in [1.29, 1.82) is 0 Å². The molecule has 2 heterocycles. The summed E-state index contributed by atoms with van der Waals surface area (Å²) in [7, 11) is 0. The van der Waals surface area contributed by atoms with Gasteiger partial charge in [-0.15, -0.1) is 0 Å². The summed E-state index contributed by atoms with van der Waals surface area (Å²) in [6, 6.07) is 6.93. The van der Waals surface area contributed by atoms with Gasteiger partial charge in [0, 0.05) is 37.7 Å². The van der Waals surface area contributed by atoms with Gasteiger partial charge in [0.1, 0.15) is 0 Å². The Labute approximate surface area is 101 Å². The lowest BCUT2D eigenvalue weighted by Crippen LogP contribution is -2.49. The number of hydrogen-bond donors (Lipinski definition) is 2. The van der Waals surface area contributed by atoms with Gasteiger partial charge in [0.25, 0.3) is 0 Å². The molecule has 0 bridgehead atoms. The van der Waals surface area contributed by atoms with Crippen molar-refractivity contribution in [1.82, 2.24) is 10.6 Å². The van der Waals surface area contributed by atoms with Crippen LogP contribution in [-0.2, 0) is 17.7 Å². The zero-order valence-corrected chi connectivity index (χ0v) is 9.87. The lowest BCUT2D eigenvalue weighted by molar-refractivity contribution is -0.215. The maximum absolute atomic E-state index is 5.14. The third-order valence-electron chi connectivity index (χ3n) is 3.34. The molecule has 4 nitrogen and oxygen atoms in total. The van der Waals surface area contributed by atoms with Crippen LogP contribution in [0.3, 0.4) is 0 Å². The molecular weight excluding hydrogens is 216 g/mol. The summed E-state index contributed by atoms with van der Waals surface area (Å²) in [5, 5.41) is 6.94. The molecule has 1 saturated heterocycles. The molecule has 17 heavy (non-hydrogen) atoms. The Morgan fingerprint density at radius 2 is 2.29 bits per heavy atom. The molecule has 0 spiro atoms. The number of piperazine rings is 1. The molecule has 0 aromatic heterocycles. The van der Waals surface area contributed by atoms with Crippen molar-refractivity contribution in [3.8, 4) is 5.75 Å². The third kappa shape index (κ3) is 2.60. The molecule has 0 aliphatic carbocycles. The van der Waals surface area contributed by atoms with Gasteiger partial charge >= 0.3 is 0 Å². The van der Waals surface area contributed by atoms with Crippen LogP contribution < -0.4 is 15.5 Å². The average molecular weight is 234 g/mol. The lowest BCUT2D eigenvalue weighted by atomic mass is 10.0. The highest BCUT2D eigenvalue weighted by molar-refractivity contribution is 5.38. The third-order valence-corrected chi connectivity index (χ3v) is 3.34. The summed E-state index contributed by atoms with van der Waals surface area (Å²) in [4.78, 5) is 10.1. The molecule has 3 rings (SSSR count). The van der Waals surface area contributed by atoms with Gasteiger partial charge in [0.05, 0.1) is 6.61 Å². The van der Waals surface area contributed by atoms with Crippen LogP contribution in [-0.4, -0.2) is 32.3 Å². The van der Waals surface area contributed by atoms with Gasteiger partial charge in [-0.25, -0.2) is 0 Å². The number of benzene rings is 1. The van der Waals surface area contributed by atoms with Gasteiger partial charge in [-0.05, 0) is 18.1 Å². The Hall–Kier alpha value is -1.10. The molecule has 1 unspecified atom stereocenters. The minimum Gasteiger partial charge on any atom is -0.337 e. The van der Waals surface area contributed by atoms with Crippen molar-refractivity contribution in [2.75, 3.05) is 26.2 Å². The van der Waals surface area contributed by atoms with E-state index in [1.165, 1.54) is 11.1 Å². The van der Waals surface area contributed by atoms with Crippen molar-refractivity contribution < 1.29 is 9.78 Å². The van der Waals surface area contributed by atoms with Crippen LogP contribution in [0, 0.1) is 0 Å². The largest absolute Gasteiger partial charge is 0.337 e. The normalized spacial score (nSPS) is 23.9. The molecule has 0 amide bonds. The van der Waals surface area contributed by atoms with Crippen molar-refractivity contribution in [3.63, 3.8) is 0 Å². The summed E-state index contributed by atoms with van der Waals surface area (Å²) in [6.45, 7) is 3.84. The maximum Gasteiger partial charge on any atom is 0.168 e. The van der Waals surface area contributed by atoms with E-state index < -0.39 is 0 Å². The van der Waals surface area contributed by atoms with Gasteiger partial charge in [-0.2, -0.15) is 4.89 Å². The van der Waals surface area contributed by atoms with Crippen LogP contribution >= 0.6 is 0 Å². The van der Waals surface area contributed by atoms with E-state index in [-0.39, 0.29) is 0 Å². The monoisotopic (exact) mass is 234 g/mol. The first kappa shape index (κ1) is 11.0. The lowest BCUT2D eigenvalue weighted by Gasteiger charge is -2.25. The quantitative estimate of drug-likeness (QED) is 0.738. The fraction of sp³-hybridized carbons (Fsp3) is 0.538. The first-order valence-electron chi connectivity index (χ1n) is 6.27. The second-order valence-electron chi connectivity index (χ2n) is 4.66. The summed E-state index contributed by atoms with van der Waals surface area (Å²) in [6.07, 6.45) is 2.01. The first-order chi connectivity index (χ1) is 8.42. The van der Waals surface area contributed by atoms with Crippen LogP contribution in [0.15, 0.2) is 18.2 Å². The van der Waals surface area contributed by atoms with E-state index in [2.05, 4.69) is 22.8 Å². The molecule has 2 N–H and O–H groups in total. The SMILES string of the molecule is c1cc2c(cc1CC1CNCCN1)CCOO2. The fourth-order valence-corrected chi connectivity index (χ4v) is 2.44. The zero-order chi connectivity index (χ0) is 11.5. The van der Waals surface area contributed by atoms with E-state index in [1.807, 2.05) is 6.07 Å². The van der Waals surface area contributed by atoms with Crippen molar-refractivity contribution >= 4 is 0 Å². The number of fused-ring (bicyclic) bond motifs is 1. The van der Waals surface area contributed by atoms with E-state index in [0.29, 0.717) is 12.6 Å². The zero-order valence-electron chi connectivity index (χ0n) is 9.87. The number of rotatable bonds is 2. The standard InChI is InChI=1S/C13H18N2O2/c1-2-13-11(3-6-16-17-13)7-10(1)8-12-9-14-4-5-15-12/h1-2,7,12,14-15H,3-6,8-9H2. The second-order valence-corrected chi connectivity index (χ2v) is 4.66. The van der Waals surface area contributed by atoms with E-state index in [4.69, 9.17) is 9.78 Å². The fourth-order valence-electron chi connectivity index (χ4n) is 2.44. The second kappa shape index (κ2) is 5.04. The minimum atomic E-state index is 0.544. The molecular formula is C13H18N2O2. The van der Waals surface area contributed by atoms with E-state index >= 15 is 0 Å². The van der Waals surface area contributed by atoms with Crippen molar-refractivity contribution in [3.05, 3.63) is 29.3 Å². The highest BCUT2D eigenvalue weighted by atomic mass is 17.2. The highest BCUT2D eigenvalue weighted by Crippen LogP contribution is 2.24. The van der Waals surface area contributed by atoms with Crippen LogP contribution in [0.4, 0.5) is 0 Å². The van der Waals surface area contributed by atoms with Gasteiger partial charge < -0.3 is 15.5 Å². The van der Waals surface area contributed by atoms with Gasteiger partial charge in [0.2, 0.25) is 0 Å². The predicted octanol–water partition coefficient (Wildman–Crippen LogP) is 0.657.